The van der Waals surface area contributed by atoms with Crippen molar-refractivity contribution in [3.8, 4) is 32.7 Å². The molecule has 0 aliphatic heterocycles. The second-order valence-electron chi connectivity index (χ2n) is 10.8. The smallest absolute Gasteiger partial charge is 0.136 e. The van der Waals surface area contributed by atoms with Gasteiger partial charge in [0.2, 0.25) is 0 Å². The predicted molar refractivity (Wildman–Crippen MR) is 180 cm³/mol. The van der Waals surface area contributed by atoms with E-state index in [9.17, 15) is 0 Å². The molecule has 42 heavy (non-hydrogen) atoms. The van der Waals surface area contributed by atoms with Crippen molar-refractivity contribution in [3.05, 3.63) is 146 Å². The van der Waals surface area contributed by atoms with Crippen LogP contribution < -0.4 is 0 Å². The number of thiophene rings is 1. The average Bonchev–Trinajstić information content (AvgIpc) is 3.61. The molecule has 0 fully saturated rings. The third kappa shape index (κ3) is 3.43. The van der Waals surface area contributed by atoms with Gasteiger partial charge >= 0.3 is 0 Å². The maximum Gasteiger partial charge on any atom is 0.136 e. The van der Waals surface area contributed by atoms with Crippen molar-refractivity contribution in [1.82, 2.24) is 0 Å². The molecule has 0 amide bonds. The van der Waals surface area contributed by atoms with E-state index in [2.05, 4.69) is 140 Å². The molecule has 0 aliphatic rings. The van der Waals surface area contributed by atoms with Gasteiger partial charge in [-0.1, -0.05) is 127 Å². The summed E-state index contributed by atoms with van der Waals surface area (Å²) in [7, 11) is 0. The molecule has 0 saturated heterocycles. The minimum atomic E-state index is 0.928. The zero-order valence-corrected chi connectivity index (χ0v) is 23.5. The summed E-state index contributed by atoms with van der Waals surface area (Å²) in [6, 6.07) is 52.4. The second kappa shape index (κ2) is 9.17. The number of para-hydroxylation sites is 1. The monoisotopic (exact) mass is 552 g/mol. The van der Waals surface area contributed by atoms with Gasteiger partial charge in [0, 0.05) is 31.3 Å². The van der Waals surface area contributed by atoms with E-state index >= 15 is 0 Å². The number of hydrogen-bond acceptors (Lipinski definition) is 2. The van der Waals surface area contributed by atoms with E-state index < -0.39 is 0 Å². The Morgan fingerprint density at radius 1 is 0.357 bits per heavy atom. The van der Waals surface area contributed by atoms with E-state index in [0.29, 0.717) is 0 Å². The van der Waals surface area contributed by atoms with E-state index in [1.54, 1.807) is 0 Å². The van der Waals surface area contributed by atoms with Crippen LogP contribution in [0.25, 0.3) is 86.3 Å². The third-order valence-corrected chi connectivity index (χ3v) is 9.67. The van der Waals surface area contributed by atoms with Crippen LogP contribution in [0.5, 0.6) is 0 Å². The molecule has 0 aliphatic carbocycles. The van der Waals surface area contributed by atoms with Gasteiger partial charge < -0.3 is 4.42 Å². The fourth-order valence-corrected chi connectivity index (χ4v) is 7.90. The van der Waals surface area contributed by atoms with Crippen LogP contribution in [0, 0.1) is 0 Å². The van der Waals surface area contributed by atoms with E-state index in [-0.39, 0.29) is 0 Å². The first-order valence-corrected chi connectivity index (χ1v) is 15.1. The van der Waals surface area contributed by atoms with Gasteiger partial charge in [0.25, 0.3) is 0 Å². The lowest BCUT2D eigenvalue weighted by atomic mass is 9.84. The van der Waals surface area contributed by atoms with Crippen molar-refractivity contribution in [1.29, 1.82) is 0 Å². The number of furan rings is 1. The largest absolute Gasteiger partial charge is 0.456 e. The molecule has 0 N–H and O–H groups in total. The molecular weight excluding hydrogens is 529 g/mol. The third-order valence-electron chi connectivity index (χ3n) is 8.47. The summed E-state index contributed by atoms with van der Waals surface area (Å²) in [4.78, 5) is 1.28. The Bertz CT molecular complexity index is 2390. The van der Waals surface area contributed by atoms with Gasteiger partial charge in [-0.15, -0.1) is 11.3 Å². The van der Waals surface area contributed by atoms with Crippen molar-refractivity contribution in [2.75, 3.05) is 0 Å². The highest BCUT2D eigenvalue weighted by atomic mass is 32.1. The maximum atomic E-state index is 6.42. The lowest BCUT2D eigenvalue weighted by Gasteiger charge is -2.18. The zero-order valence-electron chi connectivity index (χ0n) is 22.7. The molecule has 196 valence electrons. The van der Waals surface area contributed by atoms with Crippen molar-refractivity contribution in [2.45, 2.75) is 0 Å². The Labute approximate surface area is 246 Å². The number of hydrogen-bond donors (Lipinski definition) is 0. The molecular formula is C40H24OS. The molecule has 0 unspecified atom stereocenters. The van der Waals surface area contributed by atoms with Crippen LogP contribution in [-0.4, -0.2) is 0 Å². The first-order valence-electron chi connectivity index (χ1n) is 14.3. The van der Waals surface area contributed by atoms with Crippen LogP contribution in [0.15, 0.2) is 150 Å². The number of benzene rings is 7. The molecule has 0 bridgehead atoms. The first kappa shape index (κ1) is 23.5. The Kier molecular flexibility index (Phi) is 5.13. The highest BCUT2D eigenvalue weighted by Gasteiger charge is 2.23. The predicted octanol–water partition coefficient (Wildman–Crippen LogP) is 12.1. The van der Waals surface area contributed by atoms with Crippen molar-refractivity contribution in [3.63, 3.8) is 0 Å². The molecule has 0 spiro atoms. The number of rotatable bonds is 3. The lowest BCUT2D eigenvalue weighted by molar-refractivity contribution is 0.669. The topological polar surface area (TPSA) is 13.1 Å². The Hall–Kier alpha value is -5.18. The molecule has 0 atom stereocenters. The molecule has 7 aromatic carbocycles. The molecule has 2 aromatic heterocycles. The van der Waals surface area contributed by atoms with Crippen molar-refractivity contribution < 1.29 is 4.42 Å². The van der Waals surface area contributed by atoms with Crippen LogP contribution in [0.2, 0.25) is 0 Å². The Balaban J connectivity index is 1.48. The summed E-state index contributed by atoms with van der Waals surface area (Å²) in [6.07, 6.45) is 0. The highest BCUT2D eigenvalue weighted by Crippen LogP contribution is 2.52. The van der Waals surface area contributed by atoms with Crippen molar-refractivity contribution >= 4 is 64.9 Å². The molecule has 9 aromatic rings. The van der Waals surface area contributed by atoms with Crippen LogP contribution in [0.1, 0.15) is 0 Å². The standard InChI is InChI=1S/C40H24OS/c1-3-13-25(14-4-1)37-28-18-7-9-20-30(28)38(31-21-10-8-19-29(31)37)39-33-23-35-32(27-17-11-12-22-34(27)41-35)24-36(33)42-40(39)26-15-5-2-6-16-26/h1-24H. The SMILES string of the molecule is c1ccc(-c2sc3cc4c(cc3c2-c2c3ccccc3c(-c3ccccc3)c3ccccc23)oc2ccccc24)cc1. The maximum absolute atomic E-state index is 6.42. The number of fused-ring (bicyclic) bond motifs is 6. The summed E-state index contributed by atoms with van der Waals surface area (Å²) in [5.74, 6) is 0. The summed E-state index contributed by atoms with van der Waals surface area (Å²) in [6.45, 7) is 0. The van der Waals surface area contributed by atoms with Gasteiger partial charge in [0.05, 0.1) is 0 Å². The minimum Gasteiger partial charge on any atom is -0.456 e. The van der Waals surface area contributed by atoms with Crippen LogP contribution in [0.3, 0.4) is 0 Å². The van der Waals surface area contributed by atoms with E-state index in [4.69, 9.17) is 4.42 Å². The van der Waals surface area contributed by atoms with E-state index in [1.165, 1.54) is 69.7 Å². The van der Waals surface area contributed by atoms with Gasteiger partial charge in [-0.05, 0) is 62.0 Å². The molecule has 9 rings (SSSR count). The van der Waals surface area contributed by atoms with Gasteiger partial charge in [-0.25, -0.2) is 0 Å². The summed E-state index contributed by atoms with van der Waals surface area (Å²) >= 11 is 1.87. The second-order valence-corrected chi connectivity index (χ2v) is 11.9. The lowest BCUT2D eigenvalue weighted by Crippen LogP contribution is -1.91. The molecule has 0 radical (unpaired) electrons. The first-order chi connectivity index (χ1) is 20.8. The quantitative estimate of drug-likeness (QED) is 0.199. The summed E-state index contributed by atoms with van der Waals surface area (Å²) in [5.41, 5.74) is 8.16. The Morgan fingerprint density at radius 3 is 1.52 bits per heavy atom. The van der Waals surface area contributed by atoms with E-state index in [1.807, 2.05) is 17.4 Å². The van der Waals surface area contributed by atoms with Gasteiger partial charge in [0.1, 0.15) is 11.2 Å². The zero-order chi connectivity index (χ0) is 27.6. The average molecular weight is 553 g/mol. The van der Waals surface area contributed by atoms with Gasteiger partial charge in [0.15, 0.2) is 0 Å². The molecule has 2 heteroatoms. The Morgan fingerprint density at radius 2 is 0.881 bits per heavy atom. The van der Waals surface area contributed by atoms with Gasteiger partial charge in [-0.2, -0.15) is 0 Å². The summed E-state index contributed by atoms with van der Waals surface area (Å²) < 4.78 is 7.69. The summed E-state index contributed by atoms with van der Waals surface area (Å²) in [5, 5.41) is 8.61. The molecule has 0 saturated carbocycles. The fraction of sp³-hybridized carbons (Fsp3) is 0. The van der Waals surface area contributed by atoms with Crippen molar-refractivity contribution in [2.24, 2.45) is 0 Å². The van der Waals surface area contributed by atoms with Crippen LogP contribution in [0.4, 0.5) is 0 Å². The highest BCUT2D eigenvalue weighted by molar-refractivity contribution is 7.23. The van der Waals surface area contributed by atoms with Crippen LogP contribution in [-0.2, 0) is 0 Å². The normalized spacial score (nSPS) is 11.8. The molecule has 1 nitrogen and oxygen atoms in total. The van der Waals surface area contributed by atoms with Crippen LogP contribution >= 0.6 is 11.3 Å². The van der Waals surface area contributed by atoms with E-state index in [0.717, 1.165) is 16.6 Å². The molecule has 2 heterocycles. The minimum absolute atomic E-state index is 0.928. The van der Waals surface area contributed by atoms with Gasteiger partial charge in [-0.3, -0.25) is 0 Å². The fourth-order valence-electron chi connectivity index (χ4n) is 6.67.